The summed E-state index contributed by atoms with van der Waals surface area (Å²) in [5, 5.41) is 15.3. The molecule has 2 aromatic rings. The Morgan fingerprint density at radius 3 is 2.59 bits per heavy atom. The average molecular weight is 467 g/mol. The summed E-state index contributed by atoms with van der Waals surface area (Å²) in [6.45, 7) is 6.62. The van der Waals surface area contributed by atoms with Crippen LogP contribution in [0, 0.1) is 18.8 Å². The minimum Gasteiger partial charge on any atom is -0.508 e. The quantitative estimate of drug-likeness (QED) is 0.554. The molecule has 3 amide bonds. The molecular formula is C26H34N4O4. The van der Waals surface area contributed by atoms with E-state index in [1.165, 1.54) is 0 Å². The standard InChI is InChI=1S/C26H34N4O4/c1-17(2)14-23(32)28-22(15-19-8-10-21(31)11-9-19)26(34)30-13-5-7-20(16-30)25(33)29-24-18(3)6-4-12-27-24/h4,6,8-12,17,20,22,31H,5,7,13-16H2,1-3H3,(H,28,32)(H,27,29,33)/t20?,22-/m0/s1. The van der Waals surface area contributed by atoms with E-state index in [4.69, 9.17) is 0 Å². The van der Waals surface area contributed by atoms with E-state index in [2.05, 4.69) is 15.6 Å². The zero-order valence-corrected chi connectivity index (χ0v) is 20.1. The Hall–Kier alpha value is -3.42. The lowest BCUT2D eigenvalue weighted by atomic mass is 9.95. The largest absolute Gasteiger partial charge is 0.508 e. The van der Waals surface area contributed by atoms with E-state index >= 15 is 0 Å². The number of aromatic nitrogens is 1. The van der Waals surface area contributed by atoms with Gasteiger partial charge in [0.25, 0.3) is 0 Å². The maximum Gasteiger partial charge on any atom is 0.245 e. The highest BCUT2D eigenvalue weighted by Gasteiger charge is 2.33. The van der Waals surface area contributed by atoms with Crippen molar-refractivity contribution in [2.24, 2.45) is 11.8 Å². The molecule has 8 heteroatoms. The van der Waals surface area contributed by atoms with Gasteiger partial charge in [0.1, 0.15) is 17.6 Å². The molecule has 8 nitrogen and oxygen atoms in total. The molecule has 0 bridgehead atoms. The summed E-state index contributed by atoms with van der Waals surface area (Å²) in [7, 11) is 0. The number of aromatic hydroxyl groups is 1. The summed E-state index contributed by atoms with van der Waals surface area (Å²) >= 11 is 0. The van der Waals surface area contributed by atoms with Gasteiger partial charge in [-0.25, -0.2) is 4.98 Å². The van der Waals surface area contributed by atoms with Crippen LogP contribution in [0.3, 0.4) is 0 Å². The minimum atomic E-state index is -0.740. The number of nitrogens with zero attached hydrogens (tertiary/aromatic N) is 2. The van der Waals surface area contributed by atoms with Gasteiger partial charge in [0.2, 0.25) is 17.7 Å². The van der Waals surface area contributed by atoms with Crippen molar-refractivity contribution in [2.75, 3.05) is 18.4 Å². The van der Waals surface area contributed by atoms with Crippen molar-refractivity contribution >= 4 is 23.5 Å². The smallest absolute Gasteiger partial charge is 0.245 e. The van der Waals surface area contributed by atoms with Crippen molar-refractivity contribution in [3.63, 3.8) is 0 Å². The molecule has 3 rings (SSSR count). The van der Waals surface area contributed by atoms with Crippen LogP contribution < -0.4 is 10.6 Å². The Morgan fingerprint density at radius 1 is 1.18 bits per heavy atom. The summed E-state index contributed by atoms with van der Waals surface area (Å²) in [6.07, 6.45) is 3.66. The van der Waals surface area contributed by atoms with Gasteiger partial charge in [0.15, 0.2) is 0 Å². The molecule has 34 heavy (non-hydrogen) atoms. The highest BCUT2D eigenvalue weighted by molar-refractivity contribution is 5.93. The highest BCUT2D eigenvalue weighted by Crippen LogP contribution is 2.21. The van der Waals surface area contributed by atoms with Gasteiger partial charge in [-0.3, -0.25) is 14.4 Å². The average Bonchev–Trinajstić information content (AvgIpc) is 2.80. The first kappa shape index (κ1) is 25.2. The molecule has 2 atom stereocenters. The summed E-state index contributed by atoms with van der Waals surface area (Å²) < 4.78 is 0. The van der Waals surface area contributed by atoms with Gasteiger partial charge in [-0.15, -0.1) is 0 Å². The number of amides is 3. The van der Waals surface area contributed by atoms with Crippen molar-refractivity contribution in [3.05, 3.63) is 53.7 Å². The van der Waals surface area contributed by atoms with Crippen LogP contribution in [-0.2, 0) is 20.8 Å². The van der Waals surface area contributed by atoms with Crippen LogP contribution in [0.25, 0.3) is 0 Å². The number of phenolic OH excluding ortho intramolecular Hbond substituents is 1. The number of aryl methyl sites for hydroxylation is 1. The molecule has 1 fully saturated rings. The fourth-order valence-electron chi connectivity index (χ4n) is 4.14. The summed E-state index contributed by atoms with van der Waals surface area (Å²) in [5.41, 5.74) is 1.71. The molecule has 0 spiro atoms. The lowest BCUT2D eigenvalue weighted by molar-refractivity contribution is -0.139. The number of hydrogen-bond acceptors (Lipinski definition) is 5. The molecule has 0 aliphatic carbocycles. The Balaban J connectivity index is 1.70. The molecule has 3 N–H and O–H groups in total. The van der Waals surface area contributed by atoms with E-state index in [0.29, 0.717) is 44.6 Å². The Bertz CT molecular complexity index is 1010. The van der Waals surface area contributed by atoms with Crippen molar-refractivity contribution in [2.45, 2.75) is 52.5 Å². The Kier molecular flexibility index (Phi) is 8.62. The molecule has 0 saturated carbocycles. The predicted molar refractivity (Wildman–Crippen MR) is 130 cm³/mol. The number of pyridine rings is 1. The van der Waals surface area contributed by atoms with E-state index in [1.54, 1.807) is 35.4 Å². The molecule has 0 radical (unpaired) electrons. The number of carbonyl (C=O) groups excluding carboxylic acids is 3. The second kappa shape index (κ2) is 11.6. The molecular weight excluding hydrogens is 432 g/mol. The van der Waals surface area contributed by atoms with Crippen LogP contribution in [-0.4, -0.2) is 51.8 Å². The number of piperidine rings is 1. The van der Waals surface area contributed by atoms with Gasteiger partial charge in [-0.2, -0.15) is 0 Å². The van der Waals surface area contributed by atoms with Crippen LogP contribution >= 0.6 is 0 Å². The number of benzene rings is 1. The molecule has 2 heterocycles. The number of rotatable bonds is 8. The topological polar surface area (TPSA) is 112 Å². The number of likely N-dealkylation sites (tertiary alicyclic amines) is 1. The van der Waals surface area contributed by atoms with Gasteiger partial charge in [-0.05, 0) is 55.0 Å². The maximum absolute atomic E-state index is 13.5. The molecule has 1 saturated heterocycles. The van der Waals surface area contributed by atoms with Crippen molar-refractivity contribution < 1.29 is 19.5 Å². The summed E-state index contributed by atoms with van der Waals surface area (Å²) in [4.78, 5) is 44.8. The monoisotopic (exact) mass is 466 g/mol. The molecule has 182 valence electrons. The van der Waals surface area contributed by atoms with Gasteiger partial charge in [0, 0.05) is 32.1 Å². The van der Waals surface area contributed by atoms with Crippen LogP contribution in [0.15, 0.2) is 42.6 Å². The van der Waals surface area contributed by atoms with Crippen LogP contribution in [0.2, 0.25) is 0 Å². The van der Waals surface area contributed by atoms with Gasteiger partial charge >= 0.3 is 0 Å². The van der Waals surface area contributed by atoms with Gasteiger partial charge < -0.3 is 20.6 Å². The molecule has 1 aliphatic rings. The first-order valence-corrected chi connectivity index (χ1v) is 11.8. The number of nitrogens with one attached hydrogen (secondary N) is 2. The molecule has 1 unspecified atom stereocenters. The summed E-state index contributed by atoms with van der Waals surface area (Å²) in [6, 6.07) is 9.57. The van der Waals surface area contributed by atoms with Gasteiger partial charge in [0.05, 0.1) is 5.92 Å². The molecule has 1 aromatic carbocycles. The molecule has 1 aromatic heterocycles. The zero-order chi connectivity index (χ0) is 24.7. The zero-order valence-electron chi connectivity index (χ0n) is 20.1. The lowest BCUT2D eigenvalue weighted by Crippen LogP contribution is -2.53. The van der Waals surface area contributed by atoms with E-state index in [0.717, 1.165) is 11.1 Å². The molecule has 1 aliphatic heterocycles. The van der Waals surface area contributed by atoms with Gasteiger partial charge in [-0.1, -0.05) is 32.0 Å². The van der Waals surface area contributed by atoms with Crippen molar-refractivity contribution in [1.82, 2.24) is 15.2 Å². The van der Waals surface area contributed by atoms with E-state index in [-0.39, 0.29) is 35.3 Å². The van der Waals surface area contributed by atoms with E-state index < -0.39 is 6.04 Å². The van der Waals surface area contributed by atoms with Crippen LogP contribution in [0.1, 0.15) is 44.2 Å². The van der Waals surface area contributed by atoms with Crippen molar-refractivity contribution in [1.29, 1.82) is 0 Å². The number of carbonyl (C=O) groups is 3. The van der Waals surface area contributed by atoms with Crippen molar-refractivity contribution in [3.8, 4) is 5.75 Å². The predicted octanol–water partition coefficient (Wildman–Crippen LogP) is 3.05. The number of anilines is 1. The maximum atomic E-state index is 13.5. The fourth-order valence-corrected chi connectivity index (χ4v) is 4.14. The Morgan fingerprint density at radius 2 is 1.91 bits per heavy atom. The third-order valence-electron chi connectivity index (χ3n) is 5.96. The second-order valence-corrected chi connectivity index (χ2v) is 9.37. The first-order chi connectivity index (χ1) is 16.2. The summed E-state index contributed by atoms with van der Waals surface area (Å²) in [5.74, 6) is -0.0353. The lowest BCUT2D eigenvalue weighted by Gasteiger charge is -2.34. The normalized spacial score (nSPS) is 16.7. The van der Waals surface area contributed by atoms with Crippen LogP contribution in [0.4, 0.5) is 5.82 Å². The SMILES string of the molecule is Cc1cccnc1NC(=O)C1CCCN(C(=O)[C@H](Cc2ccc(O)cc2)NC(=O)CC(C)C)C1. The van der Waals surface area contributed by atoms with E-state index in [9.17, 15) is 19.5 Å². The Labute approximate surface area is 200 Å². The number of hydrogen-bond donors (Lipinski definition) is 3. The number of phenols is 1. The third kappa shape index (κ3) is 7.04. The van der Waals surface area contributed by atoms with E-state index in [1.807, 2.05) is 32.9 Å². The third-order valence-corrected chi connectivity index (χ3v) is 5.96. The first-order valence-electron chi connectivity index (χ1n) is 11.8. The highest BCUT2D eigenvalue weighted by atomic mass is 16.3. The second-order valence-electron chi connectivity index (χ2n) is 9.37. The van der Waals surface area contributed by atoms with Crippen LogP contribution in [0.5, 0.6) is 5.75 Å². The minimum absolute atomic E-state index is 0.142. The fraction of sp³-hybridized carbons (Fsp3) is 0.462.